The van der Waals surface area contributed by atoms with Gasteiger partial charge in [0.15, 0.2) is 5.69 Å². The lowest BCUT2D eigenvalue weighted by molar-refractivity contribution is -0.132. The average Bonchev–Trinajstić information content (AvgIpc) is 2.89. The van der Waals surface area contributed by atoms with E-state index in [1.54, 1.807) is 23.1 Å². The van der Waals surface area contributed by atoms with Gasteiger partial charge in [-0.1, -0.05) is 30.0 Å². The third kappa shape index (κ3) is 4.13. The van der Waals surface area contributed by atoms with Gasteiger partial charge < -0.3 is 9.47 Å². The molecule has 0 saturated heterocycles. The first-order valence-corrected chi connectivity index (χ1v) is 11.2. The Balaban J connectivity index is 1.90. The molecule has 1 aliphatic rings. The number of ether oxygens (including phenoxy) is 2. The van der Waals surface area contributed by atoms with Crippen molar-refractivity contribution in [3.63, 3.8) is 0 Å². The van der Waals surface area contributed by atoms with Crippen LogP contribution in [0.25, 0.3) is 11.3 Å². The molecule has 1 amide bonds. The van der Waals surface area contributed by atoms with Gasteiger partial charge in [0.25, 0.3) is 0 Å². The van der Waals surface area contributed by atoms with Crippen molar-refractivity contribution in [1.82, 2.24) is 15.2 Å². The first-order chi connectivity index (χ1) is 14.9. The number of thioether (sulfide) groups is 1. The molecule has 4 rings (SSSR count). The van der Waals surface area contributed by atoms with Crippen LogP contribution >= 0.6 is 27.7 Å². The Bertz CT molecular complexity index is 1190. The van der Waals surface area contributed by atoms with Gasteiger partial charge in [0.05, 0.1) is 10.2 Å². The Kier molecular flexibility index (Phi) is 5.92. The minimum Gasteiger partial charge on any atom is -0.447 e. The highest BCUT2D eigenvalue weighted by molar-refractivity contribution is 9.10. The molecule has 0 radical (unpaired) electrons. The summed E-state index contributed by atoms with van der Waals surface area (Å²) >= 11 is 4.77. The molecule has 0 saturated carbocycles. The summed E-state index contributed by atoms with van der Waals surface area (Å²) in [7, 11) is 0. The zero-order chi connectivity index (χ0) is 22.1. The zero-order valence-corrected chi connectivity index (χ0v) is 19.2. The van der Waals surface area contributed by atoms with Crippen molar-refractivity contribution in [2.24, 2.45) is 0 Å². The van der Waals surface area contributed by atoms with Crippen LogP contribution in [0.15, 0.2) is 52.1 Å². The molecule has 2 heterocycles. The van der Waals surface area contributed by atoms with Crippen LogP contribution < -0.4 is 14.4 Å². The molecule has 0 bridgehead atoms. The molecule has 0 unspecified atom stereocenters. The molecule has 1 aliphatic heterocycles. The van der Waals surface area contributed by atoms with E-state index < -0.39 is 12.2 Å². The Morgan fingerprint density at radius 3 is 2.61 bits per heavy atom. The second-order valence-electron chi connectivity index (χ2n) is 6.61. The molecule has 1 aromatic heterocycles. The molecular formula is C21H17BrN4O4S. The van der Waals surface area contributed by atoms with Crippen molar-refractivity contribution in [2.45, 2.75) is 25.2 Å². The molecule has 31 heavy (non-hydrogen) atoms. The van der Waals surface area contributed by atoms with Crippen molar-refractivity contribution in [3.05, 3.63) is 52.5 Å². The van der Waals surface area contributed by atoms with Crippen molar-refractivity contribution >= 4 is 45.3 Å². The fourth-order valence-corrected chi connectivity index (χ4v) is 4.04. The average molecular weight is 501 g/mol. The van der Waals surface area contributed by atoms with E-state index in [2.05, 4.69) is 31.1 Å². The summed E-state index contributed by atoms with van der Waals surface area (Å²) in [6.07, 6.45) is 1.02. The second kappa shape index (κ2) is 8.64. The number of halogens is 1. The predicted octanol–water partition coefficient (Wildman–Crippen LogP) is 4.39. The van der Waals surface area contributed by atoms with Gasteiger partial charge in [0.1, 0.15) is 5.75 Å². The van der Waals surface area contributed by atoms with E-state index in [1.807, 2.05) is 30.5 Å². The smallest absolute Gasteiger partial charge is 0.308 e. The number of amides is 1. The number of anilines is 1. The maximum absolute atomic E-state index is 12.8. The number of benzene rings is 2. The van der Waals surface area contributed by atoms with E-state index in [-0.39, 0.29) is 11.8 Å². The Labute approximate surface area is 191 Å². The number of carbonyl (C=O) groups excluding carboxylic acids is 2. The largest absolute Gasteiger partial charge is 0.447 e. The molecule has 0 aliphatic carbocycles. The van der Waals surface area contributed by atoms with Crippen LogP contribution in [0.4, 0.5) is 5.69 Å². The molecule has 2 aromatic carbocycles. The summed E-state index contributed by atoms with van der Waals surface area (Å²) in [4.78, 5) is 30.1. The number of rotatable bonds is 3. The van der Waals surface area contributed by atoms with Gasteiger partial charge in [0, 0.05) is 25.0 Å². The number of nitrogens with zero attached hydrogens (tertiary/aromatic N) is 4. The van der Waals surface area contributed by atoms with Crippen LogP contribution in [-0.4, -0.2) is 33.3 Å². The number of hydrogen-bond acceptors (Lipinski definition) is 8. The Morgan fingerprint density at radius 1 is 1.16 bits per heavy atom. The van der Waals surface area contributed by atoms with E-state index >= 15 is 0 Å². The van der Waals surface area contributed by atoms with Crippen LogP contribution in [-0.2, 0) is 9.59 Å². The molecule has 1 atom stereocenters. The minimum atomic E-state index is -0.825. The second-order valence-corrected chi connectivity index (χ2v) is 8.24. The van der Waals surface area contributed by atoms with Crippen LogP contribution in [0.3, 0.4) is 0 Å². The lowest BCUT2D eigenvalue weighted by atomic mass is 10.1. The summed E-state index contributed by atoms with van der Waals surface area (Å²) in [5.74, 6) is -0.00214. The van der Waals surface area contributed by atoms with Crippen LogP contribution in [0, 0.1) is 0 Å². The van der Waals surface area contributed by atoms with Gasteiger partial charge in [-0.2, -0.15) is 4.98 Å². The molecule has 10 heteroatoms. The highest BCUT2D eigenvalue weighted by atomic mass is 79.9. The molecule has 3 aromatic rings. The number of hydrogen-bond donors (Lipinski definition) is 0. The molecule has 0 fully saturated rings. The molecule has 0 N–H and O–H groups in total. The first kappa shape index (κ1) is 21.3. The van der Waals surface area contributed by atoms with Gasteiger partial charge in [-0.15, -0.1) is 10.2 Å². The standard InChI is InChI=1S/C21H17BrN4O4S/c1-11(27)26-16-7-5-4-6-14(16)18-19(23-21(31-3)25-24-18)30-20(26)13-8-9-17(15(22)10-13)29-12(2)28/h4-10,20H,1-3H3/t20-/m0/s1. The highest BCUT2D eigenvalue weighted by Gasteiger charge is 2.34. The minimum absolute atomic E-state index is 0.219. The van der Waals surface area contributed by atoms with Crippen molar-refractivity contribution < 1.29 is 19.1 Å². The third-order valence-corrected chi connectivity index (χ3v) is 5.69. The summed E-state index contributed by atoms with van der Waals surface area (Å²) in [6, 6.07) is 12.5. The van der Waals surface area contributed by atoms with Gasteiger partial charge in [-0.3, -0.25) is 14.5 Å². The molecular weight excluding hydrogens is 484 g/mol. The van der Waals surface area contributed by atoms with Crippen molar-refractivity contribution in [2.75, 3.05) is 11.2 Å². The maximum atomic E-state index is 12.8. The van der Waals surface area contributed by atoms with Crippen molar-refractivity contribution in [1.29, 1.82) is 0 Å². The Hall–Kier alpha value is -2.98. The molecule has 0 spiro atoms. The van der Waals surface area contributed by atoms with Gasteiger partial charge in [0.2, 0.25) is 23.2 Å². The fourth-order valence-electron chi connectivity index (χ4n) is 3.26. The quantitative estimate of drug-likeness (QED) is 0.296. The number of carbonyl (C=O) groups is 2. The zero-order valence-electron chi connectivity index (χ0n) is 16.8. The topological polar surface area (TPSA) is 94.5 Å². The number of esters is 1. The van der Waals surface area contributed by atoms with E-state index in [9.17, 15) is 9.59 Å². The van der Waals surface area contributed by atoms with Crippen molar-refractivity contribution in [3.8, 4) is 22.9 Å². The number of aromatic nitrogens is 3. The SMILES string of the molecule is CSc1nnc2c(n1)O[C@@H](c1ccc(OC(C)=O)c(Br)c1)N(C(C)=O)c1ccccc1-2. The maximum Gasteiger partial charge on any atom is 0.308 e. The number of fused-ring (bicyclic) bond motifs is 3. The lowest BCUT2D eigenvalue weighted by Gasteiger charge is -2.30. The van der Waals surface area contributed by atoms with Gasteiger partial charge in [-0.05, 0) is 46.5 Å². The normalized spacial score (nSPS) is 14.7. The fraction of sp³-hybridized carbons (Fsp3) is 0.190. The first-order valence-electron chi connectivity index (χ1n) is 9.21. The highest BCUT2D eigenvalue weighted by Crippen LogP contribution is 2.44. The van der Waals surface area contributed by atoms with E-state index in [0.29, 0.717) is 37.9 Å². The monoisotopic (exact) mass is 500 g/mol. The summed E-state index contributed by atoms with van der Waals surface area (Å²) in [5, 5.41) is 8.91. The lowest BCUT2D eigenvalue weighted by Crippen LogP contribution is -2.36. The summed E-state index contributed by atoms with van der Waals surface area (Å²) in [6.45, 7) is 2.80. The van der Waals surface area contributed by atoms with Gasteiger partial charge >= 0.3 is 5.97 Å². The van der Waals surface area contributed by atoms with E-state index in [4.69, 9.17) is 9.47 Å². The Morgan fingerprint density at radius 2 is 1.94 bits per heavy atom. The van der Waals surface area contributed by atoms with Crippen LogP contribution in [0.2, 0.25) is 0 Å². The predicted molar refractivity (Wildman–Crippen MR) is 119 cm³/mol. The van der Waals surface area contributed by atoms with Crippen LogP contribution in [0.1, 0.15) is 25.6 Å². The molecule has 8 nitrogen and oxygen atoms in total. The molecule has 158 valence electrons. The number of para-hydroxylation sites is 1. The summed E-state index contributed by atoms with van der Waals surface area (Å²) < 4.78 is 12.0. The van der Waals surface area contributed by atoms with Crippen LogP contribution in [0.5, 0.6) is 11.6 Å². The van der Waals surface area contributed by atoms with Gasteiger partial charge in [-0.25, -0.2) is 0 Å². The summed E-state index contributed by atoms with van der Waals surface area (Å²) in [5.41, 5.74) is 2.44. The van der Waals surface area contributed by atoms with E-state index in [1.165, 1.54) is 25.6 Å². The van der Waals surface area contributed by atoms with E-state index in [0.717, 1.165) is 0 Å². The third-order valence-electron chi connectivity index (χ3n) is 4.53.